The average Bonchev–Trinajstić information content (AvgIpc) is 2.90. The number of allylic oxidation sites excluding steroid dienone is 2. The highest BCUT2D eigenvalue weighted by Crippen LogP contribution is 2.43. The number of phenols is 2. The molecule has 0 aliphatic carbocycles. The molecular weight excluding hydrogens is 520 g/mol. The van der Waals surface area contributed by atoms with Gasteiger partial charge < -0.3 is 44.7 Å². The summed E-state index contributed by atoms with van der Waals surface area (Å²) in [6.45, 7) is 6.94. The largest absolute Gasteiger partial charge is 0.505 e. The van der Waals surface area contributed by atoms with E-state index in [1.807, 2.05) is 6.92 Å². The van der Waals surface area contributed by atoms with Crippen molar-refractivity contribution in [3.63, 3.8) is 0 Å². The van der Waals surface area contributed by atoms with Crippen molar-refractivity contribution in [2.45, 2.75) is 64.9 Å². The number of carbonyl (C=O) groups is 1. The van der Waals surface area contributed by atoms with E-state index in [2.05, 4.69) is 5.32 Å². The van der Waals surface area contributed by atoms with E-state index in [-0.39, 0.29) is 40.5 Å². The third-order valence-corrected chi connectivity index (χ3v) is 6.69. The lowest BCUT2D eigenvalue weighted by Crippen LogP contribution is -2.38. The number of rotatable bonds is 5. The van der Waals surface area contributed by atoms with Gasteiger partial charge in [-0.05, 0) is 38.8 Å². The van der Waals surface area contributed by atoms with Gasteiger partial charge in [0.2, 0.25) is 6.41 Å². The Bertz CT molecular complexity index is 1160. The van der Waals surface area contributed by atoms with Gasteiger partial charge in [-0.3, -0.25) is 10.5 Å². The number of fused-ring (bicyclic) bond motifs is 2. The van der Waals surface area contributed by atoms with Gasteiger partial charge >= 0.3 is 0 Å². The van der Waals surface area contributed by atoms with E-state index >= 15 is 0 Å². The van der Waals surface area contributed by atoms with Crippen LogP contribution in [-0.4, -0.2) is 78.5 Å². The lowest BCUT2D eigenvalue weighted by molar-refractivity contribution is -0.146. The third kappa shape index (κ3) is 8.40. The van der Waals surface area contributed by atoms with Gasteiger partial charge in [0.15, 0.2) is 11.5 Å². The zero-order chi connectivity index (χ0) is 30.1. The highest BCUT2D eigenvalue weighted by Gasteiger charge is 2.28. The number of anilines is 1. The predicted molar refractivity (Wildman–Crippen MR) is 152 cm³/mol. The molecule has 2 bridgehead atoms. The van der Waals surface area contributed by atoms with Crippen LogP contribution in [-0.2, 0) is 19.0 Å². The first-order valence-corrected chi connectivity index (χ1v) is 12.8. The van der Waals surface area contributed by atoms with Crippen molar-refractivity contribution >= 4 is 17.7 Å². The molecule has 1 heterocycles. The number of methoxy groups -OCH3 is 3. The van der Waals surface area contributed by atoms with Gasteiger partial charge in [0.1, 0.15) is 18.0 Å². The number of ether oxygens (including phenoxy) is 4. The summed E-state index contributed by atoms with van der Waals surface area (Å²) in [5.41, 5.74) is 7.29. The summed E-state index contributed by atoms with van der Waals surface area (Å²) in [6, 6.07) is 1.20. The van der Waals surface area contributed by atoms with Crippen molar-refractivity contribution in [2.24, 2.45) is 11.7 Å². The van der Waals surface area contributed by atoms with Crippen LogP contribution in [0.5, 0.6) is 17.2 Å². The summed E-state index contributed by atoms with van der Waals surface area (Å²) >= 11 is 0. The molecule has 7 N–H and O–H groups in total. The number of phenolic OH excluding ortho intramolecular Hbond substituents is 2. The Labute approximate surface area is 235 Å². The van der Waals surface area contributed by atoms with E-state index in [9.17, 15) is 25.2 Å². The van der Waals surface area contributed by atoms with Crippen LogP contribution in [0.2, 0.25) is 0 Å². The molecule has 0 saturated carbocycles. The molecular formula is C29H42N2O9. The fraction of sp³-hybridized carbons (Fsp3) is 0.483. The molecule has 1 amide bonds. The number of nitrogens with one attached hydrogen (secondary N) is 1. The van der Waals surface area contributed by atoms with Gasteiger partial charge in [0, 0.05) is 31.8 Å². The smallest absolute Gasteiger partial charge is 0.251 e. The SMILES string of the molecule is COc1c(O)cc2c(O)c1/C=C(\C)CC(OC)C(O)C(C)C=C(C)C(OC(N)O)C(OC)C=C/C=C(\C)C(=O)N2. The Kier molecular flexibility index (Phi) is 12.4. The molecule has 1 aromatic rings. The van der Waals surface area contributed by atoms with Crippen molar-refractivity contribution in [3.05, 3.63) is 52.7 Å². The number of hydrogen-bond donors (Lipinski definition) is 6. The van der Waals surface area contributed by atoms with E-state index in [1.54, 1.807) is 45.1 Å². The van der Waals surface area contributed by atoms with Crippen molar-refractivity contribution < 1.29 is 44.2 Å². The first kappa shape index (κ1) is 33.0. The lowest BCUT2D eigenvalue weighted by atomic mass is 9.91. The maximum atomic E-state index is 12.9. The quantitative estimate of drug-likeness (QED) is 0.136. The van der Waals surface area contributed by atoms with Gasteiger partial charge in [-0.2, -0.15) is 0 Å². The first-order valence-electron chi connectivity index (χ1n) is 12.8. The number of aromatic hydroxyl groups is 2. The zero-order valence-corrected chi connectivity index (χ0v) is 24.0. The van der Waals surface area contributed by atoms with Crippen LogP contribution < -0.4 is 15.8 Å². The highest BCUT2D eigenvalue weighted by atomic mass is 16.6. The Balaban J connectivity index is 2.71. The van der Waals surface area contributed by atoms with Crippen LogP contribution >= 0.6 is 0 Å². The molecule has 1 aliphatic heterocycles. The molecule has 222 valence electrons. The Morgan fingerprint density at radius 3 is 2.38 bits per heavy atom. The second-order valence-corrected chi connectivity index (χ2v) is 9.80. The minimum atomic E-state index is -1.58. The van der Waals surface area contributed by atoms with E-state index in [4.69, 9.17) is 24.7 Å². The molecule has 0 saturated heterocycles. The Morgan fingerprint density at radius 1 is 1.12 bits per heavy atom. The molecule has 0 aromatic heterocycles. The second kappa shape index (κ2) is 15.0. The molecule has 0 spiro atoms. The number of benzene rings is 1. The second-order valence-electron chi connectivity index (χ2n) is 9.80. The molecule has 11 nitrogen and oxygen atoms in total. The minimum Gasteiger partial charge on any atom is -0.505 e. The van der Waals surface area contributed by atoms with E-state index in [0.29, 0.717) is 11.1 Å². The first-order chi connectivity index (χ1) is 18.8. The monoisotopic (exact) mass is 562 g/mol. The third-order valence-electron chi connectivity index (χ3n) is 6.69. The summed E-state index contributed by atoms with van der Waals surface area (Å²) in [5.74, 6) is -1.50. The van der Waals surface area contributed by atoms with Crippen molar-refractivity contribution in [3.8, 4) is 17.2 Å². The van der Waals surface area contributed by atoms with Crippen LogP contribution in [0.15, 0.2) is 47.1 Å². The molecule has 11 heteroatoms. The summed E-state index contributed by atoms with van der Waals surface area (Å²) < 4.78 is 22.0. The average molecular weight is 563 g/mol. The fourth-order valence-corrected chi connectivity index (χ4v) is 4.52. The van der Waals surface area contributed by atoms with Crippen molar-refractivity contribution in [1.29, 1.82) is 0 Å². The number of aliphatic hydroxyl groups excluding tert-OH is 2. The standard InChI is InChI=1S/C29H42N2O9/c1-15-11-19-25(34)20(14-21(32)27(19)39-7)31-28(35)16(2)9-8-10-22(37-5)26(40-29(30)36)18(4)13-17(3)24(33)23(12-15)38-6/h8-11,13-14,17,22-24,26,29,32-34,36H,12,30H2,1-7H3,(H,31,35)/b10-8?,15-11+,16-9+,18-13?. The van der Waals surface area contributed by atoms with Gasteiger partial charge in [-0.1, -0.05) is 36.8 Å². The summed E-state index contributed by atoms with van der Waals surface area (Å²) in [4.78, 5) is 12.9. The fourth-order valence-electron chi connectivity index (χ4n) is 4.52. The highest BCUT2D eigenvalue weighted by molar-refractivity contribution is 6.05. The number of amides is 1. The van der Waals surface area contributed by atoms with E-state index in [1.165, 1.54) is 33.5 Å². The normalized spacial score (nSPS) is 28.5. The van der Waals surface area contributed by atoms with Gasteiger partial charge in [0.25, 0.3) is 5.91 Å². The zero-order valence-electron chi connectivity index (χ0n) is 24.0. The molecule has 6 unspecified atom stereocenters. The van der Waals surface area contributed by atoms with E-state index < -0.39 is 42.7 Å². The lowest BCUT2D eigenvalue weighted by Gasteiger charge is -2.29. The Hall–Kier alpha value is -3.19. The Morgan fingerprint density at radius 2 is 1.80 bits per heavy atom. The number of nitrogens with two attached hydrogens (primary N) is 1. The van der Waals surface area contributed by atoms with Gasteiger partial charge in [0.05, 0.1) is 30.6 Å². The minimum absolute atomic E-state index is 0.0195. The van der Waals surface area contributed by atoms with Crippen LogP contribution in [0.3, 0.4) is 0 Å². The van der Waals surface area contributed by atoms with Crippen LogP contribution in [0, 0.1) is 5.92 Å². The van der Waals surface area contributed by atoms with Gasteiger partial charge in [-0.15, -0.1) is 0 Å². The van der Waals surface area contributed by atoms with Crippen LogP contribution in [0.25, 0.3) is 6.08 Å². The number of carbonyl (C=O) groups excluding carboxylic acids is 1. The number of hydrogen-bond acceptors (Lipinski definition) is 10. The van der Waals surface area contributed by atoms with Crippen molar-refractivity contribution in [2.75, 3.05) is 26.6 Å². The predicted octanol–water partition coefficient (Wildman–Crippen LogP) is 2.95. The molecule has 1 aromatic carbocycles. The van der Waals surface area contributed by atoms with Crippen LogP contribution in [0.4, 0.5) is 5.69 Å². The van der Waals surface area contributed by atoms with Crippen LogP contribution in [0.1, 0.15) is 39.7 Å². The summed E-state index contributed by atoms with van der Waals surface area (Å²) in [7, 11) is 4.30. The summed E-state index contributed by atoms with van der Waals surface area (Å²) in [6.07, 6.45) is 3.72. The molecule has 1 aliphatic rings. The number of aliphatic hydroxyl groups is 2. The van der Waals surface area contributed by atoms with E-state index in [0.717, 1.165) is 0 Å². The topological polar surface area (TPSA) is 173 Å². The molecule has 0 radical (unpaired) electrons. The molecule has 6 atom stereocenters. The van der Waals surface area contributed by atoms with Gasteiger partial charge in [-0.25, -0.2) is 0 Å². The van der Waals surface area contributed by atoms with Crippen molar-refractivity contribution in [1.82, 2.24) is 0 Å². The maximum Gasteiger partial charge on any atom is 0.251 e. The molecule has 0 fully saturated rings. The molecule has 40 heavy (non-hydrogen) atoms. The summed E-state index contributed by atoms with van der Waals surface area (Å²) in [5, 5.41) is 45.1. The maximum absolute atomic E-state index is 12.9. The molecule has 2 rings (SSSR count).